The first kappa shape index (κ1) is 24.6. The van der Waals surface area contributed by atoms with Gasteiger partial charge >= 0.3 is 6.18 Å². The lowest BCUT2D eigenvalue weighted by molar-refractivity contribution is -0.177. The molecule has 0 bridgehead atoms. The van der Waals surface area contributed by atoms with Crippen molar-refractivity contribution >= 4 is 41.7 Å². The SMILES string of the molecule is [2H]C([2H])([2H])OC1=CC=CCC1(C)S(=O)(=O)n1cc(S(=O)(=O)Nc2cc(F)c(Br)cc2F)c2c1C[C@@H](C(F)(F)F)CC2. The molecular formula is C23H22BrF5N2O5S2. The van der Waals surface area contributed by atoms with Crippen LogP contribution in [0.4, 0.5) is 27.6 Å². The predicted molar refractivity (Wildman–Crippen MR) is 132 cm³/mol. The van der Waals surface area contributed by atoms with Gasteiger partial charge in [-0.05, 0) is 59.8 Å². The molecule has 1 N–H and O–H groups in total. The minimum absolute atomic E-state index is 0.253. The van der Waals surface area contributed by atoms with Crippen molar-refractivity contribution in [2.75, 3.05) is 11.8 Å². The standard InChI is InChI=1S/C23H22BrF5N2O5S2/c1-22(8-4-3-5-21(22)36-2)38(34,35)31-12-20(14-7-6-13(9-19(14)31)23(27,28)29)37(32,33)30-18-11-16(25)15(24)10-17(18)26/h3-5,10-13,30H,6-9H2,1-2H3/t13-,22?/m0/s1/i2D3. The molecule has 0 amide bonds. The maximum atomic E-state index is 14.4. The third-order valence-corrected chi connectivity index (χ3v) is 11.1. The Labute approximate surface area is 228 Å². The summed E-state index contributed by atoms with van der Waals surface area (Å²) in [6.45, 7) is 1.10. The first-order valence-corrected chi connectivity index (χ1v) is 14.7. The number of sulfonamides is 1. The number of alkyl halides is 3. The number of methoxy groups -OCH3 is 1. The van der Waals surface area contributed by atoms with Gasteiger partial charge in [-0.1, -0.05) is 12.2 Å². The number of hydrogen-bond donors (Lipinski definition) is 1. The summed E-state index contributed by atoms with van der Waals surface area (Å²) in [7, 11) is -12.9. The molecule has 0 spiro atoms. The molecule has 1 aromatic heterocycles. The highest BCUT2D eigenvalue weighted by molar-refractivity contribution is 9.10. The Kier molecular flexibility index (Phi) is 6.26. The summed E-state index contributed by atoms with van der Waals surface area (Å²) < 4.78 is 151. The van der Waals surface area contributed by atoms with E-state index >= 15 is 0 Å². The first-order chi connectivity index (χ1) is 18.7. The number of allylic oxidation sites excluding steroid dienone is 3. The van der Waals surface area contributed by atoms with E-state index in [1.165, 1.54) is 12.2 Å². The zero-order chi connectivity index (χ0) is 30.8. The van der Waals surface area contributed by atoms with E-state index in [-0.39, 0.29) is 16.5 Å². The van der Waals surface area contributed by atoms with Gasteiger partial charge in [0.2, 0.25) is 0 Å². The second-order valence-corrected chi connectivity index (χ2v) is 13.8. The summed E-state index contributed by atoms with van der Waals surface area (Å²) >= 11 is 2.76. The van der Waals surface area contributed by atoms with Gasteiger partial charge in [-0.2, -0.15) is 13.2 Å². The molecule has 1 aromatic carbocycles. The molecule has 0 saturated carbocycles. The second-order valence-electron chi connectivity index (χ2n) is 9.05. The Morgan fingerprint density at radius 2 is 1.92 bits per heavy atom. The Hall–Kier alpha value is -2.39. The lowest BCUT2D eigenvalue weighted by atomic mass is 9.87. The third kappa shape index (κ3) is 4.76. The van der Waals surface area contributed by atoms with Crippen molar-refractivity contribution in [2.24, 2.45) is 5.92 Å². The maximum Gasteiger partial charge on any atom is 0.392 e. The van der Waals surface area contributed by atoms with Gasteiger partial charge in [-0.15, -0.1) is 0 Å². The van der Waals surface area contributed by atoms with Crippen LogP contribution >= 0.6 is 15.9 Å². The van der Waals surface area contributed by atoms with Gasteiger partial charge in [-0.25, -0.2) is 29.6 Å². The monoisotopic (exact) mass is 647 g/mol. The van der Waals surface area contributed by atoms with Crippen LogP contribution in [0.2, 0.25) is 0 Å². The van der Waals surface area contributed by atoms with Crippen molar-refractivity contribution in [1.29, 1.82) is 0 Å². The average molecular weight is 648 g/mol. The van der Waals surface area contributed by atoms with E-state index in [1.54, 1.807) is 0 Å². The summed E-state index contributed by atoms with van der Waals surface area (Å²) in [6.07, 6.45) is -2.64. The van der Waals surface area contributed by atoms with Gasteiger partial charge in [0.05, 0.1) is 27.2 Å². The number of halogens is 6. The number of anilines is 1. The predicted octanol–water partition coefficient (Wildman–Crippen LogP) is 5.42. The summed E-state index contributed by atoms with van der Waals surface area (Å²) in [5, 5.41) is 0. The molecule has 1 heterocycles. The largest absolute Gasteiger partial charge is 0.499 e. The quantitative estimate of drug-likeness (QED) is 0.334. The topological polar surface area (TPSA) is 94.5 Å². The van der Waals surface area contributed by atoms with Gasteiger partial charge in [0.15, 0.2) is 0 Å². The molecule has 208 valence electrons. The lowest BCUT2D eigenvalue weighted by Crippen LogP contribution is -2.43. The molecular weight excluding hydrogens is 623 g/mol. The molecule has 38 heavy (non-hydrogen) atoms. The molecule has 2 aliphatic carbocycles. The number of benzene rings is 1. The van der Waals surface area contributed by atoms with Crippen molar-refractivity contribution in [2.45, 2.75) is 48.4 Å². The van der Waals surface area contributed by atoms with Gasteiger partial charge in [-0.3, -0.25) is 4.72 Å². The molecule has 7 nitrogen and oxygen atoms in total. The zero-order valence-electron chi connectivity index (χ0n) is 22.4. The molecule has 2 aromatic rings. The Morgan fingerprint density at radius 1 is 1.21 bits per heavy atom. The van der Waals surface area contributed by atoms with E-state index in [9.17, 15) is 38.8 Å². The van der Waals surface area contributed by atoms with Crippen LogP contribution < -0.4 is 4.72 Å². The van der Waals surface area contributed by atoms with Crippen molar-refractivity contribution in [3.63, 3.8) is 0 Å². The minimum atomic E-state index is -4.90. The highest BCUT2D eigenvalue weighted by Gasteiger charge is 2.49. The Morgan fingerprint density at radius 3 is 2.58 bits per heavy atom. The van der Waals surface area contributed by atoms with Crippen molar-refractivity contribution < 1.29 is 47.6 Å². The average Bonchev–Trinajstić information content (AvgIpc) is 3.23. The highest BCUT2D eigenvalue weighted by atomic mass is 79.9. The zero-order valence-corrected chi connectivity index (χ0v) is 22.7. The molecule has 0 radical (unpaired) electrons. The summed E-state index contributed by atoms with van der Waals surface area (Å²) in [4.78, 5) is -0.753. The molecule has 0 fully saturated rings. The van der Waals surface area contributed by atoms with Crippen molar-refractivity contribution in [3.8, 4) is 0 Å². The summed E-state index contributed by atoms with van der Waals surface area (Å²) in [5.74, 6) is -4.74. The van der Waals surface area contributed by atoms with Crippen LogP contribution in [-0.2, 0) is 37.6 Å². The smallest absolute Gasteiger partial charge is 0.392 e. The van der Waals surface area contributed by atoms with E-state index < -0.39 is 96.9 Å². The first-order valence-electron chi connectivity index (χ1n) is 12.5. The minimum Gasteiger partial charge on any atom is -0.499 e. The summed E-state index contributed by atoms with van der Waals surface area (Å²) in [6, 6.07) is 1.19. The number of hydrogen-bond acceptors (Lipinski definition) is 5. The fourth-order valence-corrected chi connectivity index (χ4v) is 8.07. The number of rotatable bonds is 6. The van der Waals surface area contributed by atoms with E-state index in [1.807, 2.05) is 4.72 Å². The number of ether oxygens (including phenoxy) is 1. The van der Waals surface area contributed by atoms with E-state index in [0.717, 1.165) is 13.0 Å². The molecule has 1 unspecified atom stereocenters. The molecule has 4 rings (SSSR count). The Balaban J connectivity index is 1.90. The van der Waals surface area contributed by atoms with Crippen LogP contribution in [0.25, 0.3) is 0 Å². The van der Waals surface area contributed by atoms with Crippen LogP contribution in [0.1, 0.15) is 35.1 Å². The van der Waals surface area contributed by atoms with Gasteiger partial charge in [0.25, 0.3) is 20.0 Å². The van der Waals surface area contributed by atoms with Crippen LogP contribution in [0.15, 0.2) is 51.7 Å². The maximum absolute atomic E-state index is 14.4. The highest BCUT2D eigenvalue weighted by Crippen LogP contribution is 2.43. The van der Waals surface area contributed by atoms with Crippen LogP contribution in [0.3, 0.4) is 0 Å². The molecule has 2 aliphatic rings. The van der Waals surface area contributed by atoms with Crippen LogP contribution in [0, 0.1) is 17.6 Å². The van der Waals surface area contributed by atoms with E-state index in [0.29, 0.717) is 22.3 Å². The van der Waals surface area contributed by atoms with E-state index in [2.05, 4.69) is 15.9 Å². The van der Waals surface area contributed by atoms with Gasteiger partial charge in [0.1, 0.15) is 27.0 Å². The van der Waals surface area contributed by atoms with Gasteiger partial charge < -0.3 is 4.74 Å². The second kappa shape index (κ2) is 9.66. The molecule has 0 aliphatic heterocycles. The van der Waals surface area contributed by atoms with Crippen LogP contribution in [-0.4, -0.2) is 38.8 Å². The molecule has 15 heteroatoms. The van der Waals surface area contributed by atoms with Crippen molar-refractivity contribution in [3.05, 3.63) is 69.7 Å². The van der Waals surface area contributed by atoms with Crippen molar-refractivity contribution in [1.82, 2.24) is 3.97 Å². The number of nitrogens with zero attached hydrogens (tertiary/aromatic N) is 1. The lowest BCUT2D eigenvalue weighted by Gasteiger charge is -2.33. The fourth-order valence-electron chi connectivity index (χ4n) is 4.51. The fraction of sp³-hybridized carbons (Fsp3) is 0.391. The number of nitrogens with one attached hydrogen (secondary N) is 1. The molecule has 0 saturated heterocycles. The normalized spacial score (nSPS) is 23.6. The van der Waals surface area contributed by atoms with Crippen LogP contribution in [0.5, 0.6) is 0 Å². The number of aromatic nitrogens is 1. The molecule has 2 atom stereocenters. The van der Waals surface area contributed by atoms with Gasteiger partial charge in [0, 0.05) is 24.4 Å². The Bertz CT molecular complexity index is 1670. The third-order valence-electron chi connectivity index (χ3n) is 6.69. The summed E-state index contributed by atoms with van der Waals surface area (Å²) in [5.41, 5.74) is -1.55. The van der Waals surface area contributed by atoms with E-state index in [4.69, 9.17) is 8.85 Å². The number of fused-ring (bicyclic) bond motifs is 1.